The van der Waals surface area contributed by atoms with Gasteiger partial charge < -0.3 is 31.9 Å². The van der Waals surface area contributed by atoms with E-state index in [0.29, 0.717) is 19.5 Å². The summed E-state index contributed by atoms with van der Waals surface area (Å²) in [5.41, 5.74) is 9.56. The molecule has 0 bridgehead atoms. The Labute approximate surface area is 157 Å². The molecule has 0 spiro atoms. The van der Waals surface area contributed by atoms with E-state index < -0.39 is 17.9 Å². The maximum Gasteiger partial charge on any atom is 0.317 e. The first-order valence-corrected chi connectivity index (χ1v) is 9.50. The van der Waals surface area contributed by atoms with Crippen molar-refractivity contribution in [2.45, 2.75) is 71.1 Å². The van der Waals surface area contributed by atoms with Crippen LogP contribution in [-0.4, -0.2) is 58.7 Å². The van der Waals surface area contributed by atoms with Gasteiger partial charge in [0, 0.05) is 13.1 Å². The zero-order chi connectivity index (χ0) is 20.6. The van der Waals surface area contributed by atoms with Gasteiger partial charge in [-0.25, -0.2) is 0 Å². The van der Waals surface area contributed by atoms with Crippen LogP contribution in [0.15, 0.2) is 0 Å². The summed E-state index contributed by atoms with van der Waals surface area (Å²) in [5.74, 6) is -3.67. The lowest BCUT2D eigenvalue weighted by Crippen LogP contribution is -2.23. The number of aliphatic hydroxyl groups is 2. The van der Waals surface area contributed by atoms with E-state index in [1.807, 2.05) is 0 Å². The molecule has 8 nitrogen and oxygen atoms in total. The Kier molecular flexibility index (Phi) is 29.6. The molecule has 0 aliphatic carbocycles. The van der Waals surface area contributed by atoms with Gasteiger partial charge in [0.25, 0.3) is 0 Å². The third-order valence-electron chi connectivity index (χ3n) is 3.45. The normalized spacial score (nSPS) is 9.77. The summed E-state index contributed by atoms with van der Waals surface area (Å²) >= 11 is 0. The Morgan fingerprint density at radius 3 is 1.31 bits per heavy atom. The molecule has 0 saturated carbocycles. The molecule has 26 heavy (non-hydrogen) atoms. The quantitative estimate of drug-likeness (QED) is 0.195. The smallest absolute Gasteiger partial charge is 0.317 e. The fourth-order valence-corrected chi connectivity index (χ4v) is 2.01. The molecule has 0 atom stereocenters. The highest BCUT2D eigenvalue weighted by Gasteiger charge is 2.24. The molecule has 0 saturated heterocycles. The number of hydrogen-bond donors (Lipinski definition) is 6. The van der Waals surface area contributed by atoms with Crippen LogP contribution in [0.3, 0.4) is 0 Å². The van der Waals surface area contributed by atoms with Crippen LogP contribution in [0.25, 0.3) is 0 Å². The highest BCUT2D eigenvalue weighted by molar-refractivity contribution is 5.92. The van der Waals surface area contributed by atoms with Gasteiger partial charge >= 0.3 is 11.9 Å². The molecule has 0 unspecified atom stereocenters. The number of rotatable bonds is 14. The number of carbonyl (C=O) groups is 2. The minimum atomic E-state index is -1.23. The lowest BCUT2D eigenvalue weighted by Gasteiger charge is -2.06. The number of nitrogens with two attached hydrogens (primary N) is 2. The summed E-state index contributed by atoms with van der Waals surface area (Å²) in [7, 11) is 0. The second kappa shape index (κ2) is 26.0. The first kappa shape index (κ1) is 29.5. The predicted octanol–water partition coefficient (Wildman–Crippen LogP) is 1.57. The van der Waals surface area contributed by atoms with E-state index in [1.165, 1.54) is 38.5 Å². The van der Waals surface area contributed by atoms with Crippen molar-refractivity contribution >= 4 is 11.9 Å². The minimum Gasteiger partial charge on any atom is -0.481 e. The first-order chi connectivity index (χ1) is 12.4. The number of unbranched alkanes of at least 4 members (excludes halogenated alkanes) is 8. The SMILES string of the molecule is CCCCCCCCCCCC(C(=O)O)C(=O)O.NCCO.NCCO. The third-order valence-corrected chi connectivity index (χ3v) is 3.45. The van der Waals surface area contributed by atoms with Crippen LogP contribution in [0.2, 0.25) is 0 Å². The van der Waals surface area contributed by atoms with Crippen LogP contribution in [-0.2, 0) is 9.59 Å². The van der Waals surface area contributed by atoms with Crippen LogP contribution in [0, 0.1) is 5.92 Å². The topological polar surface area (TPSA) is 167 Å². The van der Waals surface area contributed by atoms with Crippen LogP contribution >= 0.6 is 0 Å². The number of aliphatic carboxylic acids is 2. The molecule has 0 aromatic heterocycles. The van der Waals surface area contributed by atoms with E-state index in [1.54, 1.807) is 0 Å². The van der Waals surface area contributed by atoms with E-state index in [4.69, 9.17) is 31.9 Å². The zero-order valence-electron chi connectivity index (χ0n) is 16.2. The van der Waals surface area contributed by atoms with Crippen molar-refractivity contribution in [1.82, 2.24) is 0 Å². The van der Waals surface area contributed by atoms with Gasteiger partial charge in [0.15, 0.2) is 5.92 Å². The lowest BCUT2D eigenvalue weighted by molar-refractivity contribution is -0.154. The second-order valence-electron chi connectivity index (χ2n) is 5.87. The maximum atomic E-state index is 10.6. The number of carboxylic acid groups (broad SMARTS) is 2. The van der Waals surface area contributed by atoms with Gasteiger partial charge in [0.1, 0.15) is 0 Å². The maximum absolute atomic E-state index is 10.6. The molecule has 158 valence electrons. The molecule has 0 heterocycles. The standard InChI is InChI=1S/C14H26O4.2C2H7NO/c1-2-3-4-5-6-7-8-9-10-11-12(13(15)16)14(17)18;2*3-1-2-4/h12H,2-11H2,1H3,(H,15,16)(H,17,18);2*4H,1-3H2. The van der Waals surface area contributed by atoms with E-state index in [9.17, 15) is 9.59 Å². The average molecular weight is 381 g/mol. The summed E-state index contributed by atoms with van der Waals surface area (Å²) in [4.78, 5) is 21.3. The van der Waals surface area contributed by atoms with Crippen LogP contribution < -0.4 is 11.5 Å². The van der Waals surface area contributed by atoms with Crippen LogP contribution in [0.4, 0.5) is 0 Å². The third kappa shape index (κ3) is 27.6. The number of carboxylic acids is 2. The molecule has 0 aliphatic rings. The van der Waals surface area contributed by atoms with Crippen LogP contribution in [0.1, 0.15) is 71.1 Å². The van der Waals surface area contributed by atoms with Gasteiger partial charge in [-0.2, -0.15) is 0 Å². The van der Waals surface area contributed by atoms with E-state index in [-0.39, 0.29) is 19.6 Å². The van der Waals surface area contributed by atoms with Crippen LogP contribution in [0.5, 0.6) is 0 Å². The van der Waals surface area contributed by atoms with Gasteiger partial charge in [-0.15, -0.1) is 0 Å². The Morgan fingerprint density at radius 1 is 0.731 bits per heavy atom. The molecule has 0 fully saturated rings. The Morgan fingerprint density at radius 2 is 1.04 bits per heavy atom. The van der Waals surface area contributed by atoms with Gasteiger partial charge in [-0.05, 0) is 6.42 Å². The van der Waals surface area contributed by atoms with E-state index >= 15 is 0 Å². The van der Waals surface area contributed by atoms with Gasteiger partial charge in [-0.3, -0.25) is 9.59 Å². The van der Waals surface area contributed by atoms with Crippen molar-refractivity contribution in [3.8, 4) is 0 Å². The van der Waals surface area contributed by atoms with Crippen molar-refractivity contribution in [2.75, 3.05) is 26.3 Å². The largest absolute Gasteiger partial charge is 0.481 e. The van der Waals surface area contributed by atoms with Crippen molar-refractivity contribution < 1.29 is 30.0 Å². The molecule has 0 aromatic carbocycles. The Balaban J connectivity index is -0.000000551. The molecule has 0 aliphatic heterocycles. The fourth-order valence-electron chi connectivity index (χ4n) is 2.01. The minimum absolute atomic E-state index is 0.0972. The zero-order valence-corrected chi connectivity index (χ0v) is 16.2. The lowest BCUT2D eigenvalue weighted by atomic mass is 10.00. The summed E-state index contributed by atoms with van der Waals surface area (Å²) in [6.45, 7) is 3.14. The average Bonchev–Trinajstić information content (AvgIpc) is 2.63. The van der Waals surface area contributed by atoms with Gasteiger partial charge in [-0.1, -0.05) is 64.7 Å². The van der Waals surface area contributed by atoms with Gasteiger partial charge in [0.05, 0.1) is 13.2 Å². The summed E-state index contributed by atoms with van der Waals surface area (Å²) in [6.07, 6.45) is 10.5. The van der Waals surface area contributed by atoms with Crippen molar-refractivity contribution in [3.63, 3.8) is 0 Å². The summed E-state index contributed by atoms with van der Waals surface area (Å²) < 4.78 is 0. The monoisotopic (exact) mass is 380 g/mol. The Bertz CT molecular complexity index is 281. The van der Waals surface area contributed by atoms with Crippen molar-refractivity contribution in [2.24, 2.45) is 17.4 Å². The molecule has 0 radical (unpaired) electrons. The van der Waals surface area contributed by atoms with E-state index in [2.05, 4.69) is 6.92 Å². The second-order valence-corrected chi connectivity index (χ2v) is 5.87. The molecular formula is C18H40N2O6. The predicted molar refractivity (Wildman–Crippen MR) is 103 cm³/mol. The summed E-state index contributed by atoms with van der Waals surface area (Å²) in [5, 5.41) is 32.9. The molecular weight excluding hydrogens is 340 g/mol. The molecule has 8 N–H and O–H groups in total. The number of hydrogen-bond acceptors (Lipinski definition) is 6. The molecule has 0 aromatic rings. The molecule has 8 heteroatoms. The molecule has 0 rings (SSSR count). The fraction of sp³-hybridized carbons (Fsp3) is 0.889. The first-order valence-electron chi connectivity index (χ1n) is 9.50. The van der Waals surface area contributed by atoms with E-state index in [0.717, 1.165) is 12.8 Å². The van der Waals surface area contributed by atoms with Gasteiger partial charge in [0.2, 0.25) is 0 Å². The summed E-state index contributed by atoms with van der Waals surface area (Å²) in [6, 6.07) is 0. The highest BCUT2D eigenvalue weighted by atomic mass is 16.4. The molecule has 0 amide bonds. The van der Waals surface area contributed by atoms with Crippen molar-refractivity contribution in [3.05, 3.63) is 0 Å². The van der Waals surface area contributed by atoms with Crippen molar-refractivity contribution in [1.29, 1.82) is 0 Å². The number of aliphatic hydroxyl groups excluding tert-OH is 2. The Hall–Kier alpha value is -1.22. The highest BCUT2D eigenvalue weighted by Crippen LogP contribution is 2.14.